The van der Waals surface area contributed by atoms with Crippen LogP contribution in [0.3, 0.4) is 0 Å². The van der Waals surface area contributed by atoms with Gasteiger partial charge in [-0.05, 0) is 22.0 Å². The number of pyridine rings is 1. The van der Waals surface area contributed by atoms with E-state index in [0.717, 1.165) is 9.50 Å². The van der Waals surface area contributed by atoms with Gasteiger partial charge in [-0.25, -0.2) is 4.98 Å². The van der Waals surface area contributed by atoms with Crippen LogP contribution in [0.1, 0.15) is 6.42 Å². The van der Waals surface area contributed by atoms with Crippen LogP contribution in [-0.4, -0.2) is 23.8 Å². The van der Waals surface area contributed by atoms with E-state index in [4.69, 9.17) is 5.73 Å². The molecule has 0 radical (unpaired) electrons. The highest BCUT2D eigenvalue weighted by atomic mass is 79.9. The molecule has 1 rings (SSSR count). The highest BCUT2D eigenvalue weighted by Gasteiger charge is 2.05. The fourth-order valence-corrected chi connectivity index (χ4v) is 2.38. The molecule has 0 unspecified atom stereocenters. The Labute approximate surface area is 101 Å². The van der Waals surface area contributed by atoms with Crippen LogP contribution in [0.2, 0.25) is 0 Å². The van der Waals surface area contributed by atoms with Crippen LogP contribution in [0.5, 0.6) is 0 Å². The average Bonchev–Trinajstić information content (AvgIpc) is 2.21. The second-order valence-electron chi connectivity index (χ2n) is 2.73. The van der Waals surface area contributed by atoms with Gasteiger partial charge in [0.15, 0.2) is 0 Å². The van der Waals surface area contributed by atoms with Crippen molar-refractivity contribution in [2.24, 2.45) is 0 Å². The van der Waals surface area contributed by atoms with Crippen molar-refractivity contribution in [1.29, 1.82) is 0 Å². The van der Waals surface area contributed by atoms with Gasteiger partial charge in [-0.15, -0.1) is 11.8 Å². The number of thioether (sulfide) groups is 1. The van der Waals surface area contributed by atoms with Crippen LogP contribution in [0.15, 0.2) is 21.8 Å². The molecule has 0 spiro atoms. The van der Waals surface area contributed by atoms with Crippen molar-refractivity contribution in [1.82, 2.24) is 4.98 Å². The summed E-state index contributed by atoms with van der Waals surface area (Å²) in [6.45, 7) is 0. The normalized spacial score (nSPS) is 10.0. The van der Waals surface area contributed by atoms with E-state index in [1.54, 1.807) is 12.3 Å². The van der Waals surface area contributed by atoms with Gasteiger partial charge < -0.3 is 10.5 Å². The third-order valence-corrected chi connectivity index (χ3v) is 3.48. The van der Waals surface area contributed by atoms with Crippen molar-refractivity contribution in [3.63, 3.8) is 0 Å². The monoisotopic (exact) mass is 290 g/mol. The number of methoxy groups -OCH3 is 1. The van der Waals surface area contributed by atoms with E-state index < -0.39 is 0 Å². The second kappa shape index (κ2) is 5.97. The quantitative estimate of drug-likeness (QED) is 0.679. The molecule has 0 atom stereocenters. The average molecular weight is 291 g/mol. The first-order valence-corrected chi connectivity index (χ1v) is 6.02. The number of carbonyl (C=O) groups excluding carboxylic acids is 1. The van der Waals surface area contributed by atoms with Gasteiger partial charge in [0.1, 0.15) is 5.03 Å². The van der Waals surface area contributed by atoms with Crippen molar-refractivity contribution >= 4 is 39.3 Å². The van der Waals surface area contributed by atoms with Crippen LogP contribution in [0.25, 0.3) is 0 Å². The molecular weight excluding hydrogens is 280 g/mol. The van der Waals surface area contributed by atoms with Crippen molar-refractivity contribution < 1.29 is 9.53 Å². The predicted octanol–water partition coefficient (Wildman–Crippen LogP) is 2.08. The van der Waals surface area contributed by atoms with E-state index in [9.17, 15) is 4.79 Å². The third kappa shape index (κ3) is 4.09. The number of nitrogen functional groups attached to an aromatic ring is 1. The molecule has 15 heavy (non-hydrogen) atoms. The fourth-order valence-electron chi connectivity index (χ4n) is 0.879. The van der Waals surface area contributed by atoms with Gasteiger partial charge in [-0.2, -0.15) is 0 Å². The van der Waals surface area contributed by atoms with Crippen LogP contribution >= 0.6 is 27.7 Å². The van der Waals surface area contributed by atoms with Gasteiger partial charge in [0.25, 0.3) is 0 Å². The molecule has 1 aromatic rings. The van der Waals surface area contributed by atoms with Crippen LogP contribution in [0, 0.1) is 0 Å². The number of nitrogens with two attached hydrogens (primary N) is 1. The summed E-state index contributed by atoms with van der Waals surface area (Å²) in [5, 5.41) is 0.827. The maximum atomic E-state index is 10.9. The Bertz CT molecular complexity index is 360. The molecule has 0 saturated heterocycles. The number of esters is 1. The van der Waals surface area contributed by atoms with Crippen molar-refractivity contribution in [3.8, 4) is 0 Å². The summed E-state index contributed by atoms with van der Waals surface area (Å²) in [7, 11) is 1.38. The smallest absolute Gasteiger partial charge is 0.306 e. The van der Waals surface area contributed by atoms with E-state index in [0.29, 0.717) is 17.9 Å². The Kier molecular flexibility index (Phi) is 4.90. The van der Waals surface area contributed by atoms with E-state index in [-0.39, 0.29) is 5.97 Å². The Morgan fingerprint density at radius 1 is 1.73 bits per heavy atom. The summed E-state index contributed by atoms with van der Waals surface area (Å²) in [5.74, 6) is 0.427. The number of anilines is 1. The summed E-state index contributed by atoms with van der Waals surface area (Å²) >= 11 is 4.84. The fraction of sp³-hybridized carbons (Fsp3) is 0.333. The molecule has 0 aliphatic heterocycles. The largest absolute Gasteiger partial charge is 0.469 e. The highest BCUT2D eigenvalue weighted by molar-refractivity contribution is 9.10. The second-order valence-corrected chi connectivity index (χ2v) is 4.67. The Morgan fingerprint density at radius 3 is 3.07 bits per heavy atom. The lowest BCUT2D eigenvalue weighted by Gasteiger charge is -2.03. The lowest BCUT2D eigenvalue weighted by Crippen LogP contribution is -2.01. The van der Waals surface area contributed by atoms with Gasteiger partial charge in [0.05, 0.1) is 29.9 Å². The molecule has 1 heterocycles. The molecule has 0 aliphatic rings. The van der Waals surface area contributed by atoms with E-state index >= 15 is 0 Å². The number of nitrogens with zero attached hydrogens (tertiary/aromatic N) is 1. The number of rotatable bonds is 4. The Morgan fingerprint density at radius 2 is 2.47 bits per heavy atom. The molecular formula is C9H11BrN2O2S. The first-order chi connectivity index (χ1) is 7.13. The van der Waals surface area contributed by atoms with Crippen molar-refractivity contribution in [2.45, 2.75) is 11.4 Å². The zero-order chi connectivity index (χ0) is 11.3. The van der Waals surface area contributed by atoms with E-state index in [1.807, 2.05) is 0 Å². The first kappa shape index (κ1) is 12.3. The molecule has 6 heteroatoms. The number of hydrogen-bond acceptors (Lipinski definition) is 5. The molecule has 4 nitrogen and oxygen atoms in total. The minimum Gasteiger partial charge on any atom is -0.469 e. The molecule has 0 amide bonds. The van der Waals surface area contributed by atoms with E-state index in [2.05, 4.69) is 25.7 Å². The van der Waals surface area contributed by atoms with Gasteiger partial charge in [-0.1, -0.05) is 0 Å². The zero-order valence-electron chi connectivity index (χ0n) is 8.20. The molecule has 82 valence electrons. The third-order valence-electron chi connectivity index (χ3n) is 1.60. The summed E-state index contributed by atoms with van der Waals surface area (Å²) in [6, 6.07) is 1.79. The van der Waals surface area contributed by atoms with Gasteiger partial charge in [0, 0.05) is 5.75 Å². The van der Waals surface area contributed by atoms with Crippen LogP contribution in [0.4, 0.5) is 5.69 Å². The van der Waals surface area contributed by atoms with Gasteiger partial charge in [0.2, 0.25) is 0 Å². The highest BCUT2D eigenvalue weighted by Crippen LogP contribution is 2.26. The number of aromatic nitrogens is 1. The molecule has 2 N–H and O–H groups in total. The minimum atomic E-state index is -0.214. The number of halogens is 1. The zero-order valence-corrected chi connectivity index (χ0v) is 10.6. The summed E-state index contributed by atoms with van der Waals surface area (Å²) in [6.07, 6.45) is 1.96. The van der Waals surface area contributed by atoms with Gasteiger partial charge >= 0.3 is 5.97 Å². The lowest BCUT2D eigenvalue weighted by atomic mass is 10.4. The number of hydrogen-bond donors (Lipinski definition) is 1. The predicted molar refractivity (Wildman–Crippen MR) is 63.7 cm³/mol. The molecule has 0 aliphatic carbocycles. The SMILES string of the molecule is COC(=O)CCSc1ncc(N)cc1Br. The summed E-state index contributed by atoms with van der Waals surface area (Å²) < 4.78 is 5.38. The standard InChI is InChI=1S/C9H11BrN2O2S/c1-14-8(13)2-3-15-9-7(10)4-6(11)5-12-9/h4-5H,2-3,11H2,1H3. The first-order valence-electron chi connectivity index (χ1n) is 4.24. The van der Waals surface area contributed by atoms with Crippen LogP contribution < -0.4 is 5.73 Å². The summed E-state index contributed by atoms with van der Waals surface area (Å²) in [5.41, 5.74) is 6.16. The van der Waals surface area contributed by atoms with E-state index in [1.165, 1.54) is 18.9 Å². The Balaban J connectivity index is 2.47. The molecule has 0 saturated carbocycles. The number of carbonyl (C=O) groups is 1. The topological polar surface area (TPSA) is 65.2 Å². The van der Waals surface area contributed by atoms with Crippen LogP contribution in [-0.2, 0) is 9.53 Å². The van der Waals surface area contributed by atoms with Crippen molar-refractivity contribution in [2.75, 3.05) is 18.6 Å². The van der Waals surface area contributed by atoms with Gasteiger partial charge in [-0.3, -0.25) is 4.79 Å². The molecule has 0 fully saturated rings. The molecule has 0 bridgehead atoms. The maximum absolute atomic E-state index is 10.9. The maximum Gasteiger partial charge on any atom is 0.306 e. The molecule has 1 aromatic heterocycles. The summed E-state index contributed by atoms with van der Waals surface area (Å²) in [4.78, 5) is 15.0. The lowest BCUT2D eigenvalue weighted by molar-refractivity contribution is -0.140. The minimum absolute atomic E-state index is 0.214. The van der Waals surface area contributed by atoms with Crippen molar-refractivity contribution in [3.05, 3.63) is 16.7 Å². The Hall–Kier alpha value is -0.750. The molecule has 0 aromatic carbocycles. The number of ether oxygens (including phenoxy) is 1.